The molecule has 5 nitrogen and oxygen atoms in total. The van der Waals surface area contributed by atoms with Gasteiger partial charge >= 0.3 is 5.97 Å². The number of carbonyl (C=O) groups excluding carboxylic acids is 1. The van der Waals surface area contributed by atoms with E-state index in [1.165, 1.54) is 6.07 Å². The molecule has 2 aromatic rings. The summed E-state index contributed by atoms with van der Waals surface area (Å²) in [6.45, 7) is 0.471. The summed E-state index contributed by atoms with van der Waals surface area (Å²) >= 11 is 1.16. The number of thioether (sulfide) groups is 1. The van der Waals surface area contributed by atoms with Gasteiger partial charge in [-0.25, -0.2) is 4.79 Å². The molecule has 20 heavy (non-hydrogen) atoms. The lowest BCUT2D eigenvalue weighted by Crippen LogP contribution is -2.24. The Labute approximate surface area is 120 Å². The van der Waals surface area contributed by atoms with E-state index >= 15 is 0 Å². The molecule has 0 aliphatic rings. The van der Waals surface area contributed by atoms with Gasteiger partial charge in [-0.2, -0.15) is 0 Å². The van der Waals surface area contributed by atoms with E-state index < -0.39 is 5.97 Å². The summed E-state index contributed by atoms with van der Waals surface area (Å²) in [4.78, 5) is 22.3. The molecule has 1 amide bonds. The summed E-state index contributed by atoms with van der Waals surface area (Å²) in [5, 5.41) is 11.9. The van der Waals surface area contributed by atoms with Gasteiger partial charge in [0, 0.05) is 6.54 Å². The number of carboxylic acid groups (broad SMARTS) is 1. The molecule has 1 heterocycles. The summed E-state index contributed by atoms with van der Waals surface area (Å²) < 4.78 is 5.04. The SMILES string of the molecule is O=C(CSc1ccc(C(=O)O)o1)NCc1ccccc1. The highest BCUT2D eigenvalue weighted by Crippen LogP contribution is 2.20. The molecular weight excluding hydrogens is 278 g/mol. The Morgan fingerprint density at radius 3 is 2.55 bits per heavy atom. The molecule has 0 fully saturated rings. The van der Waals surface area contributed by atoms with Crippen LogP contribution in [0.15, 0.2) is 52.0 Å². The number of carbonyl (C=O) groups is 2. The molecule has 0 bridgehead atoms. The second kappa shape index (κ2) is 6.81. The minimum absolute atomic E-state index is 0.128. The van der Waals surface area contributed by atoms with E-state index in [2.05, 4.69) is 5.32 Å². The first-order chi connectivity index (χ1) is 9.65. The summed E-state index contributed by atoms with van der Waals surface area (Å²) in [7, 11) is 0. The minimum Gasteiger partial charge on any atom is -0.475 e. The van der Waals surface area contributed by atoms with Crippen LogP contribution in [-0.2, 0) is 11.3 Å². The molecule has 6 heteroatoms. The van der Waals surface area contributed by atoms with Crippen molar-refractivity contribution in [3.8, 4) is 0 Å². The number of aromatic carboxylic acids is 1. The van der Waals surface area contributed by atoms with Crippen LogP contribution in [0.5, 0.6) is 0 Å². The highest BCUT2D eigenvalue weighted by atomic mass is 32.2. The van der Waals surface area contributed by atoms with Gasteiger partial charge in [-0.3, -0.25) is 4.79 Å². The zero-order valence-electron chi connectivity index (χ0n) is 10.5. The van der Waals surface area contributed by atoms with Crippen LogP contribution in [0, 0.1) is 0 Å². The number of carboxylic acids is 1. The first kappa shape index (κ1) is 14.2. The quantitative estimate of drug-likeness (QED) is 0.799. The summed E-state index contributed by atoms with van der Waals surface area (Å²) in [5.41, 5.74) is 1.03. The average molecular weight is 291 g/mol. The lowest BCUT2D eigenvalue weighted by atomic mass is 10.2. The van der Waals surface area contributed by atoms with E-state index in [1.807, 2.05) is 30.3 Å². The van der Waals surface area contributed by atoms with Crippen molar-refractivity contribution < 1.29 is 19.1 Å². The summed E-state index contributed by atoms with van der Waals surface area (Å²) in [5.74, 6) is -1.20. The van der Waals surface area contributed by atoms with Crippen molar-refractivity contribution in [1.82, 2.24) is 5.32 Å². The van der Waals surface area contributed by atoms with Crippen LogP contribution in [0.4, 0.5) is 0 Å². The topological polar surface area (TPSA) is 79.5 Å². The monoisotopic (exact) mass is 291 g/mol. The van der Waals surface area contributed by atoms with Crippen LogP contribution in [-0.4, -0.2) is 22.7 Å². The largest absolute Gasteiger partial charge is 0.475 e. The first-order valence-corrected chi connectivity index (χ1v) is 6.90. The molecular formula is C14H13NO4S. The molecule has 2 rings (SSSR count). The zero-order valence-corrected chi connectivity index (χ0v) is 11.4. The fourth-order valence-corrected chi connectivity index (χ4v) is 2.19. The highest BCUT2D eigenvalue weighted by molar-refractivity contribution is 7.99. The second-order valence-electron chi connectivity index (χ2n) is 3.97. The highest BCUT2D eigenvalue weighted by Gasteiger charge is 2.10. The Hall–Kier alpha value is -2.21. The molecule has 0 unspecified atom stereocenters. The number of benzene rings is 1. The predicted molar refractivity (Wildman–Crippen MR) is 74.7 cm³/mol. The molecule has 0 atom stereocenters. The standard InChI is InChI=1S/C14H13NO4S/c16-12(15-8-10-4-2-1-3-5-10)9-20-13-7-6-11(19-13)14(17)18/h1-7H,8-9H2,(H,15,16)(H,17,18). The van der Waals surface area contributed by atoms with Gasteiger partial charge in [0.25, 0.3) is 0 Å². The Kier molecular flexibility index (Phi) is 4.84. The van der Waals surface area contributed by atoms with E-state index in [-0.39, 0.29) is 17.4 Å². The predicted octanol–water partition coefficient (Wildman–Crippen LogP) is 2.39. The Morgan fingerprint density at radius 2 is 1.90 bits per heavy atom. The van der Waals surface area contributed by atoms with Crippen LogP contribution < -0.4 is 5.32 Å². The molecule has 0 saturated carbocycles. The molecule has 0 aliphatic heterocycles. The van der Waals surface area contributed by atoms with Crippen LogP contribution in [0.2, 0.25) is 0 Å². The molecule has 0 saturated heterocycles. The van der Waals surface area contributed by atoms with E-state index in [0.717, 1.165) is 17.3 Å². The first-order valence-electron chi connectivity index (χ1n) is 5.91. The molecule has 0 aliphatic carbocycles. The summed E-state index contributed by atoms with van der Waals surface area (Å²) in [6, 6.07) is 12.5. The van der Waals surface area contributed by atoms with Crippen molar-refractivity contribution in [2.24, 2.45) is 0 Å². The van der Waals surface area contributed by atoms with Gasteiger partial charge in [-0.1, -0.05) is 42.1 Å². The van der Waals surface area contributed by atoms with Crippen molar-refractivity contribution >= 4 is 23.6 Å². The van der Waals surface area contributed by atoms with Crippen molar-refractivity contribution in [3.63, 3.8) is 0 Å². The van der Waals surface area contributed by atoms with Gasteiger partial charge in [0.1, 0.15) is 0 Å². The maximum atomic E-state index is 11.6. The van der Waals surface area contributed by atoms with Gasteiger partial charge in [0.15, 0.2) is 5.09 Å². The van der Waals surface area contributed by atoms with E-state index in [0.29, 0.717) is 11.6 Å². The van der Waals surface area contributed by atoms with Crippen molar-refractivity contribution in [2.75, 3.05) is 5.75 Å². The fraction of sp³-hybridized carbons (Fsp3) is 0.143. The number of furan rings is 1. The third-order valence-corrected chi connectivity index (χ3v) is 3.38. The average Bonchev–Trinajstić information content (AvgIpc) is 2.93. The minimum atomic E-state index is -1.12. The van der Waals surface area contributed by atoms with Gasteiger partial charge in [0.05, 0.1) is 5.75 Å². The van der Waals surface area contributed by atoms with Crippen LogP contribution in [0.25, 0.3) is 0 Å². The van der Waals surface area contributed by atoms with Crippen molar-refractivity contribution in [2.45, 2.75) is 11.6 Å². The Bertz CT molecular complexity index is 594. The number of amides is 1. The number of rotatable bonds is 6. The van der Waals surface area contributed by atoms with E-state index in [4.69, 9.17) is 9.52 Å². The van der Waals surface area contributed by atoms with Gasteiger partial charge in [-0.15, -0.1) is 0 Å². The molecule has 0 radical (unpaired) electrons. The second-order valence-corrected chi connectivity index (χ2v) is 4.95. The maximum absolute atomic E-state index is 11.6. The third kappa shape index (κ3) is 4.17. The van der Waals surface area contributed by atoms with Gasteiger partial charge in [0.2, 0.25) is 11.7 Å². The van der Waals surface area contributed by atoms with Crippen molar-refractivity contribution in [1.29, 1.82) is 0 Å². The fourth-order valence-electron chi connectivity index (χ4n) is 1.50. The molecule has 1 aromatic heterocycles. The van der Waals surface area contributed by atoms with Crippen molar-refractivity contribution in [3.05, 3.63) is 53.8 Å². The van der Waals surface area contributed by atoms with Gasteiger partial charge in [-0.05, 0) is 17.7 Å². The Morgan fingerprint density at radius 1 is 1.15 bits per heavy atom. The third-order valence-electron chi connectivity index (χ3n) is 2.47. The molecule has 1 aromatic carbocycles. The maximum Gasteiger partial charge on any atom is 0.371 e. The molecule has 0 spiro atoms. The van der Waals surface area contributed by atoms with Crippen LogP contribution in [0.1, 0.15) is 16.1 Å². The summed E-state index contributed by atoms with van der Waals surface area (Å²) in [6.07, 6.45) is 0. The zero-order chi connectivity index (χ0) is 14.4. The van der Waals surface area contributed by atoms with E-state index in [1.54, 1.807) is 6.07 Å². The number of hydrogen-bond donors (Lipinski definition) is 2. The van der Waals surface area contributed by atoms with Crippen LogP contribution >= 0.6 is 11.8 Å². The number of hydrogen-bond acceptors (Lipinski definition) is 4. The lowest BCUT2D eigenvalue weighted by molar-refractivity contribution is -0.118. The van der Waals surface area contributed by atoms with Gasteiger partial charge < -0.3 is 14.8 Å². The molecule has 104 valence electrons. The van der Waals surface area contributed by atoms with Crippen LogP contribution in [0.3, 0.4) is 0 Å². The Balaban J connectivity index is 1.76. The number of nitrogens with one attached hydrogen (secondary N) is 1. The van der Waals surface area contributed by atoms with E-state index in [9.17, 15) is 9.59 Å². The normalized spacial score (nSPS) is 10.2. The lowest BCUT2D eigenvalue weighted by Gasteiger charge is -2.04. The smallest absolute Gasteiger partial charge is 0.371 e. The molecule has 2 N–H and O–H groups in total.